The van der Waals surface area contributed by atoms with E-state index in [0.717, 1.165) is 12.2 Å². The van der Waals surface area contributed by atoms with E-state index in [2.05, 4.69) is 50.1 Å². The lowest BCUT2D eigenvalue weighted by molar-refractivity contribution is 0.707. The Hall–Kier alpha value is -1.05. The van der Waals surface area contributed by atoms with Gasteiger partial charge in [0.2, 0.25) is 0 Å². The predicted octanol–water partition coefficient (Wildman–Crippen LogP) is 3.42. The number of hydrogen-bond donors (Lipinski definition) is 1. The normalized spacial score (nSPS) is 12.9. The van der Waals surface area contributed by atoms with Gasteiger partial charge in [-0.1, -0.05) is 19.9 Å². The zero-order valence-electron chi connectivity index (χ0n) is 9.54. The van der Waals surface area contributed by atoms with Crippen molar-refractivity contribution in [2.24, 2.45) is 0 Å². The molecule has 78 valence electrons. The van der Waals surface area contributed by atoms with Gasteiger partial charge in [0.15, 0.2) is 0 Å². The van der Waals surface area contributed by atoms with Crippen LogP contribution in [0.15, 0.2) is 18.2 Å². The van der Waals surface area contributed by atoms with Crippen molar-refractivity contribution in [2.45, 2.75) is 46.1 Å². The minimum absolute atomic E-state index is 0.440. The standard InChI is InChI=1S/C12H20N2/c1-5-10(4)11-7-6-8-12(14-11)13-9(2)3/h6-10H,5H2,1-4H3,(H,13,14). The number of hydrogen-bond acceptors (Lipinski definition) is 2. The first-order chi connectivity index (χ1) is 6.63. The lowest BCUT2D eigenvalue weighted by atomic mass is 10.0. The van der Waals surface area contributed by atoms with Crippen LogP contribution in [0.2, 0.25) is 0 Å². The summed E-state index contributed by atoms with van der Waals surface area (Å²) in [4.78, 5) is 4.57. The van der Waals surface area contributed by atoms with E-state index < -0.39 is 0 Å². The molecule has 0 amide bonds. The second-order valence-corrected chi connectivity index (χ2v) is 4.06. The van der Waals surface area contributed by atoms with Crippen LogP contribution in [0.25, 0.3) is 0 Å². The summed E-state index contributed by atoms with van der Waals surface area (Å²) in [6, 6.07) is 6.62. The third-order valence-corrected chi connectivity index (χ3v) is 2.32. The summed E-state index contributed by atoms with van der Waals surface area (Å²) >= 11 is 0. The van der Waals surface area contributed by atoms with Gasteiger partial charge in [0.05, 0.1) is 0 Å². The molecule has 0 aliphatic heterocycles. The van der Waals surface area contributed by atoms with Crippen LogP contribution in [0.4, 0.5) is 5.82 Å². The van der Waals surface area contributed by atoms with Gasteiger partial charge in [-0.05, 0) is 38.3 Å². The number of nitrogens with one attached hydrogen (secondary N) is 1. The van der Waals surface area contributed by atoms with Gasteiger partial charge in [-0.15, -0.1) is 0 Å². The highest BCUT2D eigenvalue weighted by Gasteiger charge is 2.05. The molecule has 1 aromatic heterocycles. The summed E-state index contributed by atoms with van der Waals surface area (Å²) in [5.74, 6) is 1.53. The molecule has 2 nitrogen and oxygen atoms in total. The summed E-state index contributed by atoms with van der Waals surface area (Å²) in [7, 11) is 0. The Morgan fingerprint density at radius 3 is 2.57 bits per heavy atom. The molecule has 14 heavy (non-hydrogen) atoms. The maximum Gasteiger partial charge on any atom is 0.126 e. The molecule has 0 radical (unpaired) electrons. The maximum atomic E-state index is 4.57. The van der Waals surface area contributed by atoms with Crippen molar-refractivity contribution in [2.75, 3.05) is 5.32 Å². The van der Waals surface area contributed by atoms with E-state index in [9.17, 15) is 0 Å². The van der Waals surface area contributed by atoms with Gasteiger partial charge in [0.1, 0.15) is 5.82 Å². The van der Waals surface area contributed by atoms with Gasteiger partial charge >= 0.3 is 0 Å². The molecule has 0 spiro atoms. The van der Waals surface area contributed by atoms with Gasteiger partial charge in [-0.3, -0.25) is 0 Å². The lowest BCUT2D eigenvalue weighted by Crippen LogP contribution is -2.11. The Morgan fingerprint density at radius 1 is 1.29 bits per heavy atom. The van der Waals surface area contributed by atoms with E-state index >= 15 is 0 Å². The molecule has 0 aromatic carbocycles. The summed E-state index contributed by atoms with van der Waals surface area (Å²) in [6.45, 7) is 8.64. The van der Waals surface area contributed by atoms with Crippen molar-refractivity contribution < 1.29 is 0 Å². The highest BCUT2D eigenvalue weighted by atomic mass is 15.0. The molecular formula is C12H20N2. The van der Waals surface area contributed by atoms with Crippen LogP contribution in [-0.2, 0) is 0 Å². The van der Waals surface area contributed by atoms with Crippen molar-refractivity contribution in [1.82, 2.24) is 4.98 Å². The molecule has 1 heterocycles. The Bertz CT molecular complexity index is 281. The molecule has 0 bridgehead atoms. The third-order valence-electron chi connectivity index (χ3n) is 2.32. The van der Waals surface area contributed by atoms with Gasteiger partial charge in [-0.25, -0.2) is 4.98 Å². The van der Waals surface area contributed by atoms with Crippen LogP contribution in [0.1, 0.15) is 45.7 Å². The topological polar surface area (TPSA) is 24.9 Å². The van der Waals surface area contributed by atoms with Crippen LogP contribution < -0.4 is 5.32 Å². The molecule has 1 aromatic rings. The molecule has 1 N–H and O–H groups in total. The average molecular weight is 192 g/mol. The second kappa shape index (κ2) is 4.99. The lowest BCUT2D eigenvalue weighted by Gasteiger charge is -2.12. The second-order valence-electron chi connectivity index (χ2n) is 4.06. The van der Waals surface area contributed by atoms with Gasteiger partial charge in [0.25, 0.3) is 0 Å². The van der Waals surface area contributed by atoms with Crippen molar-refractivity contribution in [3.05, 3.63) is 23.9 Å². The summed E-state index contributed by atoms with van der Waals surface area (Å²) in [6.07, 6.45) is 1.14. The minimum Gasteiger partial charge on any atom is -0.368 e. The van der Waals surface area contributed by atoms with Crippen molar-refractivity contribution >= 4 is 5.82 Å². The van der Waals surface area contributed by atoms with Crippen LogP contribution in [0.5, 0.6) is 0 Å². The molecule has 1 unspecified atom stereocenters. The molecule has 0 aliphatic carbocycles. The molecule has 0 saturated carbocycles. The molecule has 1 rings (SSSR count). The monoisotopic (exact) mass is 192 g/mol. The highest BCUT2D eigenvalue weighted by Crippen LogP contribution is 2.17. The van der Waals surface area contributed by atoms with E-state index in [0.29, 0.717) is 12.0 Å². The van der Waals surface area contributed by atoms with Gasteiger partial charge < -0.3 is 5.32 Å². The quantitative estimate of drug-likeness (QED) is 0.790. The van der Waals surface area contributed by atoms with Crippen LogP contribution in [-0.4, -0.2) is 11.0 Å². The first-order valence-electron chi connectivity index (χ1n) is 5.37. The maximum absolute atomic E-state index is 4.57. The SMILES string of the molecule is CCC(C)c1cccc(NC(C)C)n1. The van der Waals surface area contributed by atoms with Gasteiger partial charge in [-0.2, -0.15) is 0 Å². The summed E-state index contributed by atoms with van der Waals surface area (Å²) < 4.78 is 0. The van der Waals surface area contributed by atoms with Gasteiger partial charge in [0, 0.05) is 11.7 Å². The number of aromatic nitrogens is 1. The molecule has 1 atom stereocenters. The zero-order chi connectivity index (χ0) is 10.6. The van der Waals surface area contributed by atoms with E-state index in [1.54, 1.807) is 0 Å². The minimum atomic E-state index is 0.440. The van der Waals surface area contributed by atoms with E-state index in [4.69, 9.17) is 0 Å². The predicted molar refractivity (Wildman–Crippen MR) is 61.7 cm³/mol. The molecule has 0 fully saturated rings. The number of pyridine rings is 1. The Balaban J connectivity index is 2.78. The fourth-order valence-electron chi connectivity index (χ4n) is 1.31. The van der Waals surface area contributed by atoms with E-state index in [1.165, 1.54) is 5.69 Å². The number of anilines is 1. The molecule has 0 aliphatic rings. The fraction of sp³-hybridized carbons (Fsp3) is 0.583. The average Bonchev–Trinajstić information content (AvgIpc) is 2.16. The Labute approximate surface area is 86.8 Å². The van der Waals surface area contributed by atoms with Crippen LogP contribution >= 0.6 is 0 Å². The molecule has 2 heteroatoms. The highest BCUT2D eigenvalue weighted by molar-refractivity contribution is 5.36. The fourth-order valence-corrected chi connectivity index (χ4v) is 1.31. The first kappa shape index (κ1) is 11.0. The van der Waals surface area contributed by atoms with Crippen molar-refractivity contribution in [1.29, 1.82) is 0 Å². The largest absolute Gasteiger partial charge is 0.368 e. The third kappa shape index (κ3) is 3.02. The Kier molecular flexibility index (Phi) is 3.93. The van der Waals surface area contributed by atoms with E-state index in [-0.39, 0.29) is 0 Å². The smallest absolute Gasteiger partial charge is 0.126 e. The van der Waals surface area contributed by atoms with Crippen molar-refractivity contribution in [3.63, 3.8) is 0 Å². The van der Waals surface area contributed by atoms with Crippen LogP contribution in [0.3, 0.4) is 0 Å². The van der Waals surface area contributed by atoms with Crippen LogP contribution in [0, 0.1) is 0 Å². The zero-order valence-corrected chi connectivity index (χ0v) is 9.54. The molecular weight excluding hydrogens is 172 g/mol. The Morgan fingerprint density at radius 2 is 2.00 bits per heavy atom. The van der Waals surface area contributed by atoms with E-state index in [1.807, 2.05) is 6.07 Å². The van der Waals surface area contributed by atoms with Crippen molar-refractivity contribution in [3.8, 4) is 0 Å². The number of rotatable bonds is 4. The summed E-state index contributed by atoms with van der Waals surface area (Å²) in [5, 5.41) is 3.31. The molecule has 0 saturated heterocycles. The number of nitrogens with zero attached hydrogens (tertiary/aromatic N) is 1. The first-order valence-corrected chi connectivity index (χ1v) is 5.37. The summed E-state index contributed by atoms with van der Waals surface area (Å²) in [5.41, 5.74) is 1.18.